The van der Waals surface area contributed by atoms with Gasteiger partial charge in [0.1, 0.15) is 11.6 Å². The Hall–Kier alpha value is -1.20. The maximum atomic E-state index is 13.3. The SMILES string of the molecule is CCN(c1ncc(F)cc1CNC)C(C)CN(C)C. The molecular weight excluding hydrogens is 243 g/mol. The molecule has 0 bridgehead atoms. The normalized spacial score (nSPS) is 12.8. The second kappa shape index (κ2) is 7.40. The fourth-order valence-corrected chi connectivity index (χ4v) is 2.35. The summed E-state index contributed by atoms with van der Waals surface area (Å²) < 4.78 is 13.3. The van der Waals surface area contributed by atoms with Crippen LogP contribution in [0.3, 0.4) is 0 Å². The molecule has 0 aliphatic carbocycles. The minimum absolute atomic E-state index is 0.287. The Balaban J connectivity index is 3.02. The standard InChI is InChI=1S/C14H25FN4/c1-6-19(11(2)10-18(4)5)14-12(8-16-3)7-13(15)9-17-14/h7,9,11,16H,6,8,10H2,1-5H3. The number of anilines is 1. The Morgan fingerprint density at radius 3 is 2.63 bits per heavy atom. The number of rotatable bonds is 7. The molecule has 0 aliphatic heterocycles. The third-order valence-corrected chi connectivity index (χ3v) is 3.05. The third-order valence-electron chi connectivity index (χ3n) is 3.05. The van der Waals surface area contributed by atoms with E-state index in [4.69, 9.17) is 0 Å². The lowest BCUT2D eigenvalue weighted by molar-refractivity contribution is 0.371. The van der Waals surface area contributed by atoms with Gasteiger partial charge in [0.15, 0.2) is 0 Å². The fraction of sp³-hybridized carbons (Fsp3) is 0.643. The number of pyridine rings is 1. The van der Waals surface area contributed by atoms with E-state index >= 15 is 0 Å². The molecule has 1 aromatic heterocycles. The van der Waals surface area contributed by atoms with Gasteiger partial charge in [-0.15, -0.1) is 0 Å². The van der Waals surface area contributed by atoms with Crippen molar-refractivity contribution in [2.75, 3.05) is 39.1 Å². The maximum absolute atomic E-state index is 13.3. The highest BCUT2D eigenvalue weighted by molar-refractivity contribution is 5.47. The van der Waals surface area contributed by atoms with Crippen LogP contribution in [0.2, 0.25) is 0 Å². The van der Waals surface area contributed by atoms with Crippen LogP contribution in [-0.4, -0.2) is 50.2 Å². The number of hydrogen-bond acceptors (Lipinski definition) is 4. The number of aromatic nitrogens is 1. The van der Waals surface area contributed by atoms with Crippen LogP contribution < -0.4 is 10.2 Å². The van der Waals surface area contributed by atoms with Crippen LogP contribution >= 0.6 is 0 Å². The highest BCUT2D eigenvalue weighted by atomic mass is 19.1. The average Bonchev–Trinajstić information content (AvgIpc) is 2.32. The van der Waals surface area contributed by atoms with Crippen LogP contribution in [-0.2, 0) is 6.54 Å². The van der Waals surface area contributed by atoms with Gasteiger partial charge >= 0.3 is 0 Å². The molecule has 0 saturated heterocycles. The molecule has 0 aromatic carbocycles. The maximum Gasteiger partial charge on any atom is 0.141 e. The molecule has 0 radical (unpaired) electrons. The second-order valence-corrected chi connectivity index (χ2v) is 5.06. The largest absolute Gasteiger partial charge is 0.353 e. The van der Waals surface area contributed by atoms with Crippen LogP contribution in [0.1, 0.15) is 19.4 Å². The van der Waals surface area contributed by atoms with E-state index in [0.29, 0.717) is 12.6 Å². The van der Waals surface area contributed by atoms with Crippen molar-refractivity contribution in [2.45, 2.75) is 26.4 Å². The average molecular weight is 268 g/mol. The van der Waals surface area contributed by atoms with Crippen molar-refractivity contribution in [2.24, 2.45) is 0 Å². The zero-order valence-electron chi connectivity index (χ0n) is 12.6. The van der Waals surface area contributed by atoms with E-state index in [0.717, 1.165) is 24.5 Å². The molecule has 0 fully saturated rings. The molecule has 1 aromatic rings. The van der Waals surface area contributed by atoms with E-state index in [-0.39, 0.29) is 5.82 Å². The van der Waals surface area contributed by atoms with Crippen molar-refractivity contribution in [3.05, 3.63) is 23.6 Å². The van der Waals surface area contributed by atoms with E-state index in [1.54, 1.807) is 6.07 Å². The lowest BCUT2D eigenvalue weighted by atomic mass is 10.2. The van der Waals surface area contributed by atoms with Gasteiger partial charge in [-0.3, -0.25) is 0 Å². The van der Waals surface area contributed by atoms with Crippen LogP contribution in [0.5, 0.6) is 0 Å². The van der Waals surface area contributed by atoms with Gasteiger partial charge in [0.2, 0.25) is 0 Å². The van der Waals surface area contributed by atoms with Crippen LogP contribution in [0.15, 0.2) is 12.3 Å². The zero-order chi connectivity index (χ0) is 14.4. The van der Waals surface area contributed by atoms with Gasteiger partial charge in [-0.25, -0.2) is 9.37 Å². The second-order valence-electron chi connectivity index (χ2n) is 5.06. The summed E-state index contributed by atoms with van der Waals surface area (Å²) in [7, 11) is 5.96. The molecule has 0 saturated carbocycles. The molecular formula is C14H25FN4. The Morgan fingerprint density at radius 1 is 1.42 bits per heavy atom. The summed E-state index contributed by atoms with van der Waals surface area (Å²) in [6, 6.07) is 1.89. The molecule has 108 valence electrons. The zero-order valence-corrected chi connectivity index (χ0v) is 12.6. The summed E-state index contributed by atoms with van der Waals surface area (Å²) in [5.74, 6) is 0.581. The number of likely N-dealkylation sites (N-methyl/N-ethyl adjacent to an activating group) is 2. The summed E-state index contributed by atoms with van der Waals surface area (Å²) >= 11 is 0. The minimum Gasteiger partial charge on any atom is -0.353 e. The van der Waals surface area contributed by atoms with Gasteiger partial charge in [0.05, 0.1) is 6.20 Å². The van der Waals surface area contributed by atoms with E-state index in [2.05, 4.69) is 48.0 Å². The number of halogens is 1. The molecule has 19 heavy (non-hydrogen) atoms. The lowest BCUT2D eigenvalue weighted by Crippen LogP contribution is -2.41. The Bertz CT molecular complexity index is 395. The van der Waals surface area contributed by atoms with Gasteiger partial charge in [-0.1, -0.05) is 0 Å². The van der Waals surface area contributed by atoms with Crippen LogP contribution in [0, 0.1) is 5.82 Å². The van der Waals surface area contributed by atoms with Gasteiger partial charge < -0.3 is 15.1 Å². The molecule has 1 unspecified atom stereocenters. The summed E-state index contributed by atoms with van der Waals surface area (Å²) in [5, 5.41) is 3.07. The van der Waals surface area contributed by atoms with E-state index in [9.17, 15) is 4.39 Å². The predicted molar refractivity (Wildman–Crippen MR) is 78.0 cm³/mol. The summed E-state index contributed by atoms with van der Waals surface area (Å²) in [6.45, 7) is 6.67. The van der Waals surface area contributed by atoms with Crippen molar-refractivity contribution >= 4 is 5.82 Å². The highest BCUT2D eigenvalue weighted by Crippen LogP contribution is 2.20. The molecule has 1 atom stereocenters. The smallest absolute Gasteiger partial charge is 0.141 e. The van der Waals surface area contributed by atoms with Crippen molar-refractivity contribution in [1.82, 2.24) is 15.2 Å². The molecule has 1 rings (SSSR count). The van der Waals surface area contributed by atoms with E-state index in [1.165, 1.54) is 6.20 Å². The molecule has 0 aliphatic rings. The molecule has 0 amide bonds. The van der Waals surface area contributed by atoms with Crippen LogP contribution in [0.25, 0.3) is 0 Å². The van der Waals surface area contributed by atoms with Crippen molar-refractivity contribution < 1.29 is 4.39 Å². The van der Waals surface area contributed by atoms with Gasteiger partial charge in [0, 0.05) is 31.2 Å². The van der Waals surface area contributed by atoms with Gasteiger partial charge in [0.25, 0.3) is 0 Å². The first-order valence-electron chi connectivity index (χ1n) is 6.70. The minimum atomic E-state index is -0.287. The summed E-state index contributed by atoms with van der Waals surface area (Å²) in [4.78, 5) is 8.65. The molecule has 0 spiro atoms. The summed E-state index contributed by atoms with van der Waals surface area (Å²) in [6.07, 6.45) is 1.29. The van der Waals surface area contributed by atoms with Crippen molar-refractivity contribution in [3.63, 3.8) is 0 Å². The number of nitrogens with one attached hydrogen (secondary N) is 1. The van der Waals surface area contributed by atoms with Crippen molar-refractivity contribution in [1.29, 1.82) is 0 Å². The van der Waals surface area contributed by atoms with E-state index < -0.39 is 0 Å². The third kappa shape index (κ3) is 4.44. The van der Waals surface area contributed by atoms with Crippen LogP contribution in [0.4, 0.5) is 10.2 Å². The topological polar surface area (TPSA) is 31.4 Å². The van der Waals surface area contributed by atoms with Gasteiger partial charge in [-0.05, 0) is 41.1 Å². The first-order chi connectivity index (χ1) is 8.99. The first-order valence-corrected chi connectivity index (χ1v) is 6.70. The lowest BCUT2D eigenvalue weighted by Gasteiger charge is -2.32. The Labute approximate surface area is 115 Å². The van der Waals surface area contributed by atoms with Crippen molar-refractivity contribution in [3.8, 4) is 0 Å². The summed E-state index contributed by atoms with van der Waals surface area (Å²) in [5.41, 5.74) is 0.898. The number of hydrogen-bond donors (Lipinski definition) is 1. The highest BCUT2D eigenvalue weighted by Gasteiger charge is 2.18. The molecule has 1 heterocycles. The fourth-order valence-electron chi connectivity index (χ4n) is 2.35. The van der Waals surface area contributed by atoms with E-state index in [1.807, 2.05) is 7.05 Å². The molecule has 4 nitrogen and oxygen atoms in total. The molecule has 1 N–H and O–H groups in total. The first kappa shape index (κ1) is 15.9. The van der Waals surface area contributed by atoms with Gasteiger partial charge in [-0.2, -0.15) is 0 Å². The Kier molecular flexibility index (Phi) is 6.18. The predicted octanol–water partition coefficient (Wildman–Crippen LogP) is 1.72. The monoisotopic (exact) mass is 268 g/mol. The number of nitrogens with zero attached hydrogens (tertiary/aromatic N) is 3. The Morgan fingerprint density at radius 2 is 2.11 bits per heavy atom. The molecule has 5 heteroatoms. The quantitative estimate of drug-likeness (QED) is 0.816.